The van der Waals surface area contributed by atoms with Crippen molar-refractivity contribution >= 4 is 0 Å². The van der Waals surface area contributed by atoms with Crippen molar-refractivity contribution in [2.24, 2.45) is 5.92 Å². The maximum Gasteiger partial charge on any atom is 0.137 e. The topological polar surface area (TPSA) is 52.6 Å². The molecule has 1 saturated heterocycles. The number of ether oxygens (including phenoxy) is 3. The van der Waals surface area contributed by atoms with E-state index in [-0.39, 0.29) is 0 Å². The summed E-state index contributed by atoms with van der Waals surface area (Å²) in [7, 11) is 0. The molecule has 1 N–H and O–H groups in total. The highest BCUT2D eigenvalue weighted by atomic mass is 16.5. The van der Waals surface area contributed by atoms with E-state index in [2.05, 4.69) is 47.6 Å². The van der Waals surface area contributed by atoms with Gasteiger partial charge in [0.05, 0.1) is 12.8 Å². The first-order valence-corrected chi connectivity index (χ1v) is 11.3. The van der Waals surface area contributed by atoms with E-state index in [9.17, 15) is 0 Å². The molecule has 4 rings (SSSR count). The Balaban J connectivity index is 1.04. The van der Waals surface area contributed by atoms with Crippen LogP contribution in [0.3, 0.4) is 0 Å². The fraction of sp³-hybridized carbons (Fsp3) is 0.560. The van der Waals surface area contributed by atoms with Crippen molar-refractivity contribution in [3.63, 3.8) is 0 Å². The summed E-state index contributed by atoms with van der Waals surface area (Å²) < 4.78 is 17.4. The van der Waals surface area contributed by atoms with E-state index in [1.165, 1.54) is 29.5 Å². The van der Waals surface area contributed by atoms with E-state index < -0.39 is 0 Å². The van der Waals surface area contributed by atoms with Gasteiger partial charge < -0.3 is 19.5 Å². The minimum atomic E-state index is 0.507. The lowest BCUT2D eigenvalue weighted by atomic mass is 10.1. The third kappa shape index (κ3) is 6.53. The predicted octanol–water partition coefficient (Wildman–Crippen LogP) is 4.25. The number of rotatable bonds is 13. The summed E-state index contributed by atoms with van der Waals surface area (Å²) in [6.07, 6.45) is 8.31. The molecule has 30 heavy (non-hydrogen) atoms. The second kappa shape index (κ2) is 10.9. The maximum atomic E-state index is 5.88. The van der Waals surface area contributed by atoms with Gasteiger partial charge in [-0.05, 0) is 68.2 Å². The van der Waals surface area contributed by atoms with Crippen LogP contribution >= 0.6 is 0 Å². The normalized spacial score (nSPS) is 22.5. The Kier molecular flexibility index (Phi) is 7.73. The minimum Gasteiger partial charge on any atom is -0.490 e. The Bertz CT molecular complexity index is 776. The smallest absolute Gasteiger partial charge is 0.137 e. The van der Waals surface area contributed by atoms with Gasteiger partial charge in [0.25, 0.3) is 0 Å². The molecule has 1 saturated carbocycles. The maximum absolute atomic E-state index is 5.88. The van der Waals surface area contributed by atoms with Gasteiger partial charge in [-0.3, -0.25) is 4.98 Å². The molecular formula is C25H34N2O3. The van der Waals surface area contributed by atoms with Crippen LogP contribution in [0.15, 0.2) is 42.7 Å². The van der Waals surface area contributed by atoms with E-state index in [1.54, 1.807) is 0 Å². The molecule has 0 unspecified atom stereocenters. The SMILES string of the molecule is Cc1ccc(COCCCOCC[C@H]2C[C@@H]2c2cncc(OC[C@@H]3CCN3)c2)cc1. The molecule has 5 nitrogen and oxygen atoms in total. The van der Waals surface area contributed by atoms with Crippen LogP contribution in [0.25, 0.3) is 0 Å². The largest absolute Gasteiger partial charge is 0.490 e. The summed E-state index contributed by atoms with van der Waals surface area (Å²) >= 11 is 0. The van der Waals surface area contributed by atoms with Crippen LogP contribution in [0, 0.1) is 12.8 Å². The third-order valence-corrected chi connectivity index (χ3v) is 6.06. The fourth-order valence-electron chi connectivity index (χ4n) is 3.85. The molecule has 0 radical (unpaired) electrons. The molecule has 2 fully saturated rings. The quantitative estimate of drug-likeness (QED) is 0.501. The number of aryl methyl sites for hydroxylation is 1. The summed E-state index contributed by atoms with van der Waals surface area (Å²) in [6.45, 7) is 6.97. The zero-order chi connectivity index (χ0) is 20.6. The van der Waals surface area contributed by atoms with E-state index in [0.717, 1.165) is 51.6 Å². The molecular weight excluding hydrogens is 376 g/mol. The first-order chi connectivity index (χ1) is 14.8. The van der Waals surface area contributed by atoms with Gasteiger partial charge in [-0.2, -0.15) is 0 Å². The van der Waals surface area contributed by atoms with Gasteiger partial charge in [0.1, 0.15) is 12.4 Å². The van der Waals surface area contributed by atoms with Crippen molar-refractivity contribution in [2.75, 3.05) is 33.0 Å². The van der Waals surface area contributed by atoms with Crippen LogP contribution in [-0.4, -0.2) is 44.0 Å². The Morgan fingerprint density at radius 3 is 2.70 bits per heavy atom. The number of hydrogen-bond donors (Lipinski definition) is 1. The Morgan fingerprint density at radius 2 is 1.90 bits per heavy atom. The molecule has 0 spiro atoms. The Morgan fingerprint density at radius 1 is 1.07 bits per heavy atom. The monoisotopic (exact) mass is 410 g/mol. The summed E-state index contributed by atoms with van der Waals surface area (Å²) in [5.74, 6) is 2.23. The lowest BCUT2D eigenvalue weighted by Gasteiger charge is -2.27. The number of hydrogen-bond acceptors (Lipinski definition) is 5. The highest BCUT2D eigenvalue weighted by molar-refractivity contribution is 5.30. The van der Waals surface area contributed by atoms with Gasteiger partial charge in [0, 0.05) is 32.1 Å². The molecule has 1 aromatic carbocycles. The fourth-order valence-corrected chi connectivity index (χ4v) is 3.85. The average molecular weight is 411 g/mol. The molecule has 2 aliphatic rings. The Labute approximate surface area is 180 Å². The summed E-state index contributed by atoms with van der Waals surface area (Å²) in [5.41, 5.74) is 3.82. The molecule has 3 atom stereocenters. The lowest BCUT2D eigenvalue weighted by Crippen LogP contribution is -2.46. The van der Waals surface area contributed by atoms with Crippen LogP contribution in [0.2, 0.25) is 0 Å². The number of aromatic nitrogens is 1. The summed E-state index contributed by atoms with van der Waals surface area (Å²) in [4.78, 5) is 4.38. The minimum absolute atomic E-state index is 0.507. The molecule has 0 amide bonds. The summed E-state index contributed by atoms with van der Waals surface area (Å²) in [6, 6.07) is 11.2. The third-order valence-electron chi connectivity index (χ3n) is 6.06. The number of nitrogens with zero attached hydrogens (tertiary/aromatic N) is 1. The molecule has 2 heterocycles. The van der Waals surface area contributed by atoms with Gasteiger partial charge in [0.15, 0.2) is 0 Å². The molecule has 1 aromatic heterocycles. The highest BCUT2D eigenvalue weighted by Crippen LogP contribution is 2.49. The molecule has 162 valence electrons. The first kappa shape index (κ1) is 21.3. The van der Waals surface area contributed by atoms with E-state index >= 15 is 0 Å². The molecule has 1 aliphatic heterocycles. The highest BCUT2D eigenvalue weighted by Gasteiger charge is 2.38. The predicted molar refractivity (Wildman–Crippen MR) is 118 cm³/mol. The van der Waals surface area contributed by atoms with Gasteiger partial charge in [0.2, 0.25) is 0 Å². The zero-order valence-corrected chi connectivity index (χ0v) is 18.0. The van der Waals surface area contributed by atoms with E-state index in [4.69, 9.17) is 14.2 Å². The van der Waals surface area contributed by atoms with E-state index in [0.29, 0.717) is 24.5 Å². The number of pyridine rings is 1. The second-order valence-corrected chi connectivity index (χ2v) is 8.60. The molecule has 1 aliphatic carbocycles. The van der Waals surface area contributed by atoms with Crippen molar-refractivity contribution in [3.8, 4) is 5.75 Å². The van der Waals surface area contributed by atoms with Gasteiger partial charge in [-0.25, -0.2) is 0 Å². The van der Waals surface area contributed by atoms with Crippen LogP contribution in [-0.2, 0) is 16.1 Å². The van der Waals surface area contributed by atoms with Gasteiger partial charge in [-0.15, -0.1) is 0 Å². The Hall–Kier alpha value is -1.95. The first-order valence-electron chi connectivity index (χ1n) is 11.3. The van der Waals surface area contributed by atoms with E-state index in [1.807, 2.05) is 12.4 Å². The summed E-state index contributed by atoms with van der Waals surface area (Å²) in [5, 5.41) is 3.36. The number of benzene rings is 1. The van der Waals surface area contributed by atoms with Crippen LogP contribution < -0.4 is 10.1 Å². The van der Waals surface area contributed by atoms with Crippen LogP contribution in [0.5, 0.6) is 5.75 Å². The zero-order valence-electron chi connectivity index (χ0n) is 18.0. The standard InChI is InChI=1S/C25H34N2O3/c1-19-3-5-20(6-4-19)17-29-11-2-10-28-12-8-21-14-25(21)22-13-24(16-26-15-22)30-18-23-7-9-27-23/h3-6,13,15-16,21,23,25,27H,2,7-12,14,17-18H2,1H3/t21-,23-,25-/m0/s1. The molecule has 5 heteroatoms. The average Bonchev–Trinajstić information content (AvgIpc) is 3.50. The van der Waals surface area contributed by atoms with Gasteiger partial charge in [-0.1, -0.05) is 29.8 Å². The van der Waals surface area contributed by atoms with Crippen molar-refractivity contribution in [1.82, 2.24) is 10.3 Å². The van der Waals surface area contributed by atoms with Crippen molar-refractivity contribution in [2.45, 2.75) is 51.2 Å². The van der Waals surface area contributed by atoms with Crippen molar-refractivity contribution < 1.29 is 14.2 Å². The van der Waals surface area contributed by atoms with Crippen molar-refractivity contribution in [3.05, 3.63) is 59.4 Å². The lowest BCUT2D eigenvalue weighted by molar-refractivity contribution is 0.0735. The molecule has 2 aromatic rings. The van der Waals surface area contributed by atoms with Gasteiger partial charge >= 0.3 is 0 Å². The number of nitrogens with one attached hydrogen (secondary N) is 1. The second-order valence-electron chi connectivity index (χ2n) is 8.60. The van der Waals surface area contributed by atoms with Crippen LogP contribution in [0.1, 0.15) is 48.3 Å². The molecule has 0 bridgehead atoms. The van der Waals surface area contributed by atoms with Crippen LogP contribution in [0.4, 0.5) is 0 Å². The van der Waals surface area contributed by atoms with Crippen molar-refractivity contribution in [1.29, 1.82) is 0 Å².